The molecule has 0 spiro atoms. The van der Waals surface area contributed by atoms with Crippen LogP contribution in [-0.2, 0) is 0 Å². The highest BCUT2D eigenvalue weighted by Crippen LogP contribution is 2.19. The highest BCUT2D eigenvalue weighted by Gasteiger charge is 2.01. The molecule has 54 valence electrons. The minimum Gasteiger partial charge on any atom is -0.508 e. The maximum absolute atomic E-state index is 12.5. The second-order valence-electron chi connectivity index (χ2n) is 2.21. The summed E-state index contributed by atoms with van der Waals surface area (Å²) in [5.41, 5.74) is 0.514. The minimum absolute atomic E-state index is 0.113. The third-order valence-corrected chi connectivity index (χ3v) is 1.33. The quantitative estimate of drug-likeness (QED) is 0.635. The number of phenolic OH excluding ortho intramolecular Hbond substituents is 1. The maximum atomic E-state index is 12.5. The van der Waals surface area contributed by atoms with E-state index in [-0.39, 0.29) is 5.75 Å². The summed E-state index contributed by atoms with van der Waals surface area (Å²) < 4.78 is 12.5. The van der Waals surface area contributed by atoms with Crippen LogP contribution in [0.15, 0.2) is 24.3 Å². The Hall–Kier alpha value is -1.05. The van der Waals surface area contributed by atoms with Gasteiger partial charge in [0.2, 0.25) is 0 Å². The van der Waals surface area contributed by atoms with Crippen LogP contribution in [0.2, 0.25) is 0 Å². The molecule has 0 unspecified atom stereocenters. The van der Waals surface area contributed by atoms with Crippen LogP contribution in [0.5, 0.6) is 5.75 Å². The highest BCUT2D eigenvalue weighted by molar-refractivity contribution is 5.28. The van der Waals surface area contributed by atoms with Crippen LogP contribution in [0.4, 0.5) is 4.39 Å². The van der Waals surface area contributed by atoms with Crippen molar-refractivity contribution >= 4 is 0 Å². The lowest BCUT2D eigenvalue weighted by Crippen LogP contribution is -1.82. The van der Waals surface area contributed by atoms with Gasteiger partial charge in [0.25, 0.3) is 0 Å². The number of rotatable bonds is 1. The summed E-state index contributed by atoms with van der Waals surface area (Å²) in [6.45, 7) is 1.44. The lowest BCUT2D eigenvalue weighted by molar-refractivity contribution is 0.372. The Balaban J connectivity index is 2.96. The third-order valence-electron chi connectivity index (χ3n) is 1.33. The zero-order chi connectivity index (χ0) is 7.56. The Labute approximate surface area is 59.1 Å². The first kappa shape index (κ1) is 7.06. The second kappa shape index (κ2) is 2.69. The van der Waals surface area contributed by atoms with Crippen molar-refractivity contribution in [3.8, 4) is 5.75 Å². The van der Waals surface area contributed by atoms with Crippen LogP contribution in [0, 0.1) is 0 Å². The molecule has 0 radical (unpaired) electrons. The summed E-state index contributed by atoms with van der Waals surface area (Å²) in [5, 5.41) is 8.90. The predicted molar refractivity (Wildman–Crippen MR) is 37.6 cm³/mol. The minimum atomic E-state index is -1.01. The van der Waals surface area contributed by atoms with Crippen LogP contribution in [-0.4, -0.2) is 5.11 Å². The fraction of sp³-hybridized carbons (Fsp3) is 0.250. The van der Waals surface area contributed by atoms with Gasteiger partial charge >= 0.3 is 0 Å². The number of hydrogen-bond donors (Lipinski definition) is 1. The van der Waals surface area contributed by atoms with Crippen molar-refractivity contribution in [1.29, 1.82) is 0 Å². The molecule has 0 aromatic heterocycles. The van der Waals surface area contributed by atoms with Crippen LogP contribution in [0.1, 0.15) is 18.7 Å². The molecule has 1 aromatic rings. The van der Waals surface area contributed by atoms with Crippen molar-refractivity contribution in [2.45, 2.75) is 13.1 Å². The molecule has 0 saturated heterocycles. The summed E-state index contributed by atoms with van der Waals surface area (Å²) in [7, 11) is 0. The zero-order valence-electron chi connectivity index (χ0n) is 5.71. The number of halogens is 1. The molecule has 1 nitrogen and oxygen atoms in total. The van der Waals surface area contributed by atoms with Crippen LogP contribution in [0.25, 0.3) is 0 Å². The van der Waals surface area contributed by atoms with E-state index >= 15 is 0 Å². The largest absolute Gasteiger partial charge is 0.508 e. The van der Waals surface area contributed by atoms with Crippen LogP contribution in [0.3, 0.4) is 0 Å². The molecule has 0 amide bonds. The lowest BCUT2D eigenvalue weighted by Gasteiger charge is -2.00. The van der Waals surface area contributed by atoms with Crippen LogP contribution < -0.4 is 0 Å². The molecule has 10 heavy (non-hydrogen) atoms. The monoisotopic (exact) mass is 140 g/mol. The van der Waals surface area contributed by atoms with E-state index in [0.717, 1.165) is 0 Å². The summed E-state index contributed by atoms with van der Waals surface area (Å²) in [6, 6.07) is 6.21. The smallest absolute Gasteiger partial charge is 0.122 e. The fourth-order valence-electron chi connectivity index (χ4n) is 0.772. The van der Waals surface area contributed by atoms with Gasteiger partial charge in [-0.25, -0.2) is 4.39 Å². The molecule has 0 aliphatic heterocycles. The second-order valence-corrected chi connectivity index (χ2v) is 2.21. The average molecular weight is 140 g/mol. The molecule has 0 fully saturated rings. The number of alkyl halides is 1. The van der Waals surface area contributed by atoms with Crippen molar-refractivity contribution in [3.63, 3.8) is 0 Å². The van der Waals surface area contributed by atoms with E-state index < -0.39 is 6.17 Å². The summed E-state index contributed by atoms with van der Waals surface area (Å²) in [4.78, 5) is 0. The molecular weight excluding hydrogens is 131 g/mol. The van der Waals surface area contributed by atoms with Gasteiger partial charge in [0.15, 0.2) is 0 Å². The Kier molecular flexibility index (Phi) is 1.90. The Bertz CT molecular complexity index is 220. The van der Waals surface area contributed by atoms with Gasteiger partial charge < -0.3 is 5.11 Å². The standard InChI is InChI=1S/C8H9FO/c1-6(9)7-3-2-4-8(10)5-7/h2-6,10H,1H3/t6-/m1/s1. The molecule has 1 N–H and O–H groups in total. The topological polar surface area (TPSA) is 20.2 Å². The molecule has 0 saturated carbocycles. The average Bonchev–Trinajstić information content (AvgIpc) is 1.88. The van der Waals surface area contributed by atoms with Gasteiger partial charge in [0, 0.05) is 0 Å². The first-order chi connectivity index (χ1) is 4.70. The number of hydrogen-bond acceptors (Lipinski definition) is 1. The number of phenols is 1. The molecule has 1 atom stereocenters. The summed E-state index contributed by atoms with van der Waals surface area (Å²) in [6.07, 6.45) is -1.01. The van der Waals surface area contributed by atoms with Crippen molar-refractivity contribution in [2.75, 3.05) is 0 Å². The molecule has 0 heterocycles. The zero-order valence-corrected chi connectivity index (χ0v) is 5.71. The van der Waals surface area contributed by atoms with Gasteiger partial charge in [-0.1, -0.05) is 12.1 Å². The van der Waals surface area contributed by atoms with Crippen molar-refractivity contribution < 1.29 is 9.50 Å². The first-order valence-electron chi connectivity index (χ1n) is 3.13. The molecular formula is C8H9FO. The highest BCUT2D eigenvalue weighted by atomic mass is 19.1. The molecule has 2 heteroatoms. The Morgan fingerprint density at radius 2 is 2.20 bits per heavy atom. The van der Waals surface area contributed by atoms with E-state index in [0.29, 0.717) is 5.56 Å². The van der Waals surface area contributed by atoms with E-state index in [1.54, 1.807) is 12.1 Å². The summed E-state index contributed by atoms with van der Waals surface area (Å²) in [5.74, 6) is 0.113. The van der Waals surface area contributed by atoms with E-state index in [2.05, 4.69) is 0 Å². The van der Waals surface area contributed by atoms with Gasteiger partial charge in [-0.05, 0) is 24.6 Å². The molecule has 1 rings (SSSR count). The van der Waals surface area contributed by atoms with Crippen molar-refractivity contribution in [2.24, 2.45) is 0 Å². The molecule has 0 aliphatic rings. The van der Waals surface area contributed by atoms with Gasteiger partial charge in [-0.15, -0.1) is 0 Å². The Morgan fingerprint density at radius 1 is 1.50 bits per heavy atom. The Morgan fingerprint density at radius 3 is 2.60 bits per heavy atom. The predicted octanol–water partition coefficient (Wildman–Crippen LogP) is 2.42. The molecule has 1 aromatic carbocycles. The molecule has 0 bridgehead atoms. The van der Waals surface area contributed by atoms with E-state index in [4.69, 9.17) is 5.11 Å². The van der Waals surface area contributed by atoms with Crippen molar-refractivity contribution in [1.82, 2.24) is 0 Å². The third kappa shape index (κ3) is 1.47. The van der Waals surface area contributed by atoms with E-state index in [9.17, 15) is 4.39 Å². The SMILES string of the molecule is C[C@@H](F)c1cccc(O)c1. The summed E-state index contributed by atoms with van der Waals surface area (Å²) >= 11 is 0. The van der Waals surface area contributed by atoms with Gasteiger partial charge in [-0.2, -0.15) is 0 Å². The maximum Gasteiger partial charge on any atom is 0.122 e. The first-order valence-corrected chi connectivity index (χ1v) is 3.13. The molecule has 0 aliphatic carbocycles. The van der Waals surface area contributed by atoms with E-state index in [1.807, 2.05) is 0 Å². The van der Waals surface area contributed by atoms with Gasteiger partial charge in [0.1, 0.15) is 11.9 Å². The number of aromatic hydroxyl groups is 1. The van der Waals surface area contributed by atoms with E-state index in [1.165, 1.54) is 19.1 Å². The van der Waals surface area contributed by atoms with Gasteiger partial charge in [-0.3, -0.25) is 0 Å². The lowest BCUT2D eigenvalue weighted by atomic mass is 10.1. The van der Waals surface area contributed by atoms with Crippen LogP contribution >= 0.6 is 0 Å². The van der Waals surface area contributed by atoms with Crippen molar-refractivity contribution in [3.05, 3.63) is 29.8 Å². The number of benzene rings is 1. The normalized spacial score (nSPS) is 13.0. The fourth-order valence-corrected chi connectivity index (χ4v) is 0.772. The van der Waals surface area contributed by atoms with Gasteiger partial charge in [0.05, 0.1) is 0 Å².